The van der Waals surface area contributed by atoms with Crippen LogP contribution in [0.2, 0.25) is 0 Å². The van der Waals surface area contributed by atoms with Crippen molar-refractivity contribution in [2.24, 2.45) is 0 Å². The summed E-state index contributed by atoms with van der Waals surface area (Å²) in [5.41, 5.74) is 1.35. The quantitative estimate of drug-likeness (QED) is 0.626. The van der Waals surface area contributed by atoms with Gasteiger partial charge in [-0.1, -0.05) is 12.1 Å². The van der Waals surface area contributed by atoms with Gasteiger partial charge in [0.25, 0.3) is 11.8 Å². The van der Waals surface area contributed by atoms with Crippen LogP contribution in [0, 0.1) is 5.82 Å². The molecule has 0 aromatic heterocycles. The summed E-state index contributed by atoms with van der Waals surface area (Å²) in [5, 5.41) is 5.06. The van der Waals surface area contributed by atoms with E-state index in [9.17, 15) is 18.8 Å². The van der Waals surface area contributed by atoms with Gasteiger partial charge in [-0.3, -0.25) is 14.5 Å². The maximum atomic E-state index is 12.8. The molecule has 3 rings (SSSR count). The molecule has 4 amide bonds. The number of amides is 4. The molecule has 1 saturated heterocycles. The van der Waals surface area contributed by atoms with Crippen LogP contribution in [0.5, 0.6) is 5.75 Å². The summed E-state index contributed by atoms with van der Waals surface area (Å²) in [4.78, 5) is 36.1. The molecule has 2 aromatic carbocycles. The standard InChI is InChI=1S/C19H16FN3O4/c1-23-18(25)16(22-19(23)26)10-12-2-8-15(9-3-12)27-11-17(24)21-14-6-4-13(20)5-7-14/h2-10H,11H2,1H3,(H,21,24)(H,22,26)/b16-10+. The first-order chi connectivity index (χ1) is 12.9. The zero-order valence-corrected chi connectivity index (χ0v) is 14.4. The molecule has 8 heteroatoms. The van der Waals surface area contributed by atoms with Crippen LogP contribution in [0.3, 0.4) is 0 Å². The Kier molecular flexibility index (Phi) is 5.16. The summed E-state index contributed by atoms with van der Waals surface area (Å²) in [6.07, 6.45) is 1.55. The molecule has 0 atom stereocenters. The number of imide groups is 1. The lowest BCUT2D eigenvalue weighted by Crippen LogP contribution is -2.25. The largest absolute Gasteiger partial charge is 0.484 e. The van der Waals surface area contributed by atoms with Crippen LogP contribution in [-0.4, -0.2) is 36.4 Å². The van der Waals surface area contributed by atoms with E-state index >= 15 is 0 Å². The number of benzene rings is 2. The van der Waals surface area contributed by atoms with Crippen molar-refractivity contribution in [3.63, 3.8) is 0 Å². The molecule has 1 aliphatic rings. The second-order valence-corrected chi connectivity index (χ2v) is 5.77. The first-order valence-electron chi connectivity index (χ1n) is 8.01. The number of hydrogen-bond donors (Lipinski definition) is 2. The Morgan fingerprint density at radius 2 is 1.81 bits per heavy atom. The number of likely N-dealkylation sites (N-methyl/N-ethyl adjacent to an activating group) is 1. The monoisotopic (exact) mass is 369 g/mol. The fraction of sp³-hybridized carbons (Fsp3) is 0.105. The van der Waals surface area contributed by atoms with E-state index in [4.69, 9.17) is 4.74 Å². The van der Waals surface area contributed by atoms with Crippen LogP contribution in [-0.2, 0) is 9.59 Å². The third-order valence-corrected chi connectivity index (χ3v) is 3.77. The average Bonchev–Trinajstić information content (AvgIpc) is 2.90. The van der Waals surface area contributed by atoms with Gasteiger partial charge >= 0.3 is 6.03 Å². The number of rotatable bonds is 5. The Labute approximate surface area is 154 Å². The molecule has 1 heterocycles. The first kappa shape index (κ1) is 18.1. The van der Waals surface area contributed by atoms with E-state index in [2.05, 4.69) is 10.6 Å². The molecule has 0 saturated carbocycles. The highest BCUT2D eigenvalue weighted by Gasteiger charge is 2.29. The van der Waals surface area contributed by atoms with Gasteiger partial charge in [-0.05, 0) is 48.0 Å². The van der Waals surface area contributed by atoms with Gasteiger partial charge < -0.3 is 15.4 Å². The molecule has 0 radical (unpaired) electrons. The van der Waals surface area contributed by atoms with E-state index in [0.717, 1.165) is 4.90 Å². The summed E-state index contributed by atoms with van der Waals surface area (Å²) < 4.78 is 18.2. The number of carbonyl (C=O) groups excluding carboxylic acids is 3. The van der Waals surface area contributed by atoms with E-state index in [-0.39, 0.29) is 24.0 Å². The zero-order chi connectivity index (χ0) is 19.4. The highest BCUT2D eigenvalue weighted by molar-refractivity contribution is 6.13. The second kappa shape index (κ2) is 7.69. The molecule has 0 bridgehead atoms. The number of halogens is 1. The van der Waals surface area contributed by atoms with Crippen molar-refractivity contribution in [3.05, 3.63) is 65.6 Å². The Bertz CT molecular complexity index is 908. The Morgan fingerprint density at radius 1 is 1.15 bits per heavy atom. The van der Waals surface area contributed by atoms with Gasteiger partial charge in [0.05, 0.1) is 0 Å². The maximum absolute atomic E-state index is 12.8. The summed E-state index contributed by atoms with van der Waals surface area (Å²) >= 11 is 0. The van der Waals surface area contributed by atoms with E-state index in [1.54, 1.807) is 30.3 Å². The van der Waals surface area contributed by atoms with Gasteiger partial charge in [-0.25, -0.2) is 9.18 Å². The molecular weight excluding hydrogens is 353 g/mol. The lowest BCUT2D eigenvalue weighted by molar-refractivity contribution is -0.122. The molecule has 2 N–H and O–H groups in total. The van der Waals surface area contributed by atoms with Gasteiger partial charge in [-0.2, -0.15) is 0 Å². The van der Waals surface area contributed by atoms with Crippen LogP contribution >= 0.6 is 0 Å². The molecule has 2 aromatic rings. The average molecular weight is 369 g/mol. The third kappa shape index (κ3) is 4.49. The number of anilines is 1. The molecule has 138 valence electrons. The molecule has 0 spiro atoms. The predicted octanol–water partition coefficient (Wildman–Crippen LogP) is 2.37. The highest BCUT2D eigenvalue weighted by atomic mass is 19.1. The Hall–Kier alpha value is -3.68. The molecule has 1 aliphatic heterocycles. The summed E-state index contributed by atoms with van der Waals surface area (Å²) in [5.74, 6) is -0.706. The molecule has 0 aliphatic carbocycles. The molecule has 27 heavy (non-hydrogen) atoms. The third-order valence-electron chi connectivity index (χ3n) is 3.77. The maximum Gasteiger partial charge on any atom is 0.328 e. The smallest absolute Gasteiger partial charge is 0.328 e. The van der Waals surface area contributed by atoms with Crippen molar-refractivity contribution in [2.45, 2.75) is 0 Å². The van der Waals surface area contributed by atoms with Crippen molar-refractivity contribution < 1.29 is 23.5 Å². The number of ether oxygens (including phenoxy) is 1. The van der Waals surface area contributed by atoms with Crippen LogP contribution in [0.15, 0.2) is 54.2 Å². The minimum atomic E-state index is -0.474. The Morgan fingerprint density at radius 3 is 2.41 bits per heavy atom. The fourth-order valence-electron chi connectivity index (χ4n) is 2.33. The molecule has 0 unspecified atom stereocenters. The minimum absolute atomic E-state index is 0.190. The van der Waals surface area contributed by atoms with Crippen LogP contribution in [0.4, 0.5) is 14.9 Å². The highest BCUT2D eigenvalue weighted by Crippen LogP contribution is 2.17. The van der Waals surface area contributed by atoms with E-state index < -0.39 is 11.9 Å². The van der Waals surface area contributed by atoms with Crippen LogP contribution in [0.1, 0.15) is 5.56 Å². The van der Waals surface area contributed by atoms with Gasteiger partial charge in [0.15, 0.2) is 6.61 Å². The van der Waals surface area contributed by atoms with Gasteiger partial charge in [-0.15, -0.1) is 0 Å². The second-order valence-electron chi connectivity index (χ2n) is 5.77. The van der Waals surface area contributed by atoms with Gasteiger partial charge in [0, 0.05) is 12.7 Å². The van der Waals surface area contributed by atoms with Gasteiger partial charge in [0.2, 0.25) is 0 Å². The SMILES string of the molecule is CN1C(=O)N/C(=C/c2ccc(OCC(=O)Nc3ccc(F)cc3)cc2)C1=O. The summed E-state index contributed by atoms with van der Waals surface area (Å²) in [6.45, 7) is -0.211. The van der Waals surface area contributed by atoms with Crippen molar-refractivity contribution in [1.29, 1.82) is 0 Å². The van der Waals surface area contributed by atoms with Crippen molar-refractivity contribution in [3.8, 4) is 5.75 Å². The number of carbonyl (C=O) groups is 3. The Balaban J connectivity index is 1.55. The fourth-order valence-corrected chi connectivity index (χ4v) is 2.33. The van der Waals surface area contributed by atoms with E-state index in [0.29, 0.717) is 17.0 Å². The lowest BCUT2D eigenvalue weighted by Gasteiger charge is -2.08. The van der Waals surface area contributed by atoms with Crippen molar-refractivity contribution in [2.75, 3.05) is 19.0 Å². The van der Waals surface area contributed by atoms with Crippen molar-refractivity contribution >= 4 is 29.6 Å². The zero-order valence-electron chi connectivity index (χ0n) is 14.4. The molecule has 7 nitrogen and oxygen atoms in total. The lowest BCUT2D eigenvalue weighted by atomic mass is 10.2. The van der Waals surface area contributed by atoms with Crippen LogP contribution < -0.4 is 15.4 Å². The molecular formula is C19H16FN3O4. The first-order valence-corrected chi connectivity index (χ1v) is 8.01. The normalized spacial score (nSPS) is 15.0. The predicted molar refractivity (Wildman–Crippen MR) is 96.2 cm³/mol. The topological polar surface area (TPSA) is 87.7 Å². The van der Waals surface area contributed by atoms with E-state index in [1.807, 2.05) is 0 Å². The number of nitrogens with zero attached hydrogens (tertiary/aromatic N) is 1. The van der Waals surface area contributed by atoms with Gasteiger partial charge in [0.1, 0.15) is 17.3 Å². The minimum Gasteiger partial charge on any atom is -0.484 e. The summed E-state index contributed by atoms with van der Waals surface area (Å²) in [6, 6.07) is 11.6. The summed E-state index contributed by atoms with van der Waals surface area (Å²) in [7, 11) is 1.40. The number of nitrogens with one attached hydrogen (secondary N) is 2. The molecule has 1 fully saturated rings. The van der Waals surface area contributed by atoms with Crippen molar-refractivity contribution in [1.82, 2.24) is 10.2 Å². The van der Waals surface area contributed by atoms with E-state index in [1.165, 1.54) is 31.3 Å². The number of hydrogen-bond acceptors (Lipinski definition) is 4. The van der Waals surface area contributed by atoms with Crippen LogP contribution in [0.25, 0.3) is 6.08 Å². The number of urea groups is 1.